The van der Waals surface area contributed by atoms with Crippen LogP contribution in [0.3, 0.4) is 0 Å². The number of fused-ring (bicyclic) bond motifs is 1. The molecule has 41 heavy (non-hydrogen) atoms. The summed E-state index contributed by atoms with van der Waals surface area (Å²) in [5.74, 6) is -0.619. The molecule has 0 radical (unpaired) electrons. The van der Waals surface area contributed by atoms with Gasteiger partial charge < -0.3 is 32.8 Å². The molecule has 4 rings (SSSR count). The number of aryl methyl sites for hydroxylation is 1. The van der Waals surface area contributed by atoms with E-state index < -0.39 is 11.5 Å². The average Bonchev–Trinajstić information content (AvgIpc) is 3.34. The molecule has 2 aromatic heterocycles. The first-order valence-electron chi connectivity index (χ1n) is 13.6. The van der Waals surface area contributed by atoms with Gasteiger partial charge in [0, 0.05) is 42.3 Å². The number of rotatable bonds is 13. The molecule has 10 N–H and O–H groups in total. The number of guanidine groups is 1. The van der Waals surface area contributed by atoms with E-state index in [0.717, 1.165) is 36.8 Å². The SMILES string of the molecule is C[C@H](N)CCCc1cc(Cl)c(F)c(-c2cc3cn(-c4ccc(CNCC[C@@H](CN)NC(=N)N)cc4)c(=O)nc3[nH]2)c1. The summed E-state index contributed by atoms with van der Waals surface area (Å²) in [7, 11) is 0. The number of halogens is 2. The Bertz CT molecular complexity index is 1550. The van der Waals surface area contributed by atoms with E-state index in [4.69, 9.17) is 34.2 Å². The molecule has 10 nitrogen and oxygen atoms in total. The topological polar surface area (TPSA) is 177 Å². The quantitative estimate of drug-likeness (QED) is 0.0720. The van der Waals surface area contributed by atoms with Gasteiger partial charge in [-0.1, -0.05) is 23.7 Å². The highest BCUT2D eigenvalue weighted by Gasteiger charge is 2.16. The Balaban J connectivity index is 1.48. The van der Waals surface area contributed by atoms with Crippen molar-refractivity contribution in [2.24, 2.45) is 17.2 Å². The molecule has 0 amide bonds. The smallest absolute Gasteiger partial charge is 0.354 e. The van der Waals surface area contributed by atoms with E-state index in [2.05, 4.69) is 20.6 Å². The van der Waals surface area contributed by atoms with Crippen molar-refractivity contribution in [1.82, 2.24) is 25.2 Å². The molecule has 0 saturated carbocycles. The van der Waals surface area contributed by atoms with Crippen molar-refractivity contribution in [2.75, 3.05) is 13.1 Å². The van der Waals surface area contributed by atoms with Crippen LogP contribution < -0.4 is 33.5 Å². The Labute approximate surface area is 243 Å². The minimum Gasteiger partial charge on any atom is -0.370 e. The summed E-state index contributed by atoms with van der Waals surface area (Å²) in [6.07, 6.45) is 4.88. The molecular formula is C29H37ClFN9O. The van der Waals surface area contributed by atoms with Crippen molar-refractivity contribution in [2.45, 2.75) is 51.2 Å². The molecule has 12 heteroatoms. The van der Waals surface area contributed by atoms with E-state index >= 15 is 4.39 Å². The summed E-state index contributed by atoms with van der Waals surface area (Å²) in [6.45, 7) is 3.67. The van der Waals surface area contributed by atoms with Crippen molar-refractivity contribution >= 4 is 28.6 Å². The van der Waals surface area contributed by atoms with Crippen LogP contribution in [0.15, 0.2) is 53.5 Å². The first kappa shape index (κ1) is 30.2. The predicted octanol–water partition coefficient (Wildman–Crippen LogP) is 3.13. The van der Waals surface area contributed by atoms with E-state index in [1.54, 1.807) is 24.4 Å². The minimum atomic E-state index is -0.526. The summed E-state index contributed by atoms with van der Waals surface area (Å²) in [6, 6.07) is 12.8. The Morgan fingerprint density at radius 3 is 2.63 bits per heavy atom. The molecule has 0 unspecified atom stereocenters. The van der Waals surface area contributed by atoms with Gasteiger partial charge in [-0.15, -0.1) is 0 Å². The van der Waals surface area contributed by atoms with Gasteiger partial charge in [0.15, 0.2) is 11.8 Å². The Morgan fingerprint density at radius 2 is 1.95 bits per heavy atom. The van der Waals surface area contributed by atoms with Crippen molar-refractivity contribution in [3.63, 3.8) is 0 Å². The van der Waals surface area contributed by atoms with E-state index in [-0.39, 0.29) is 23.1 Å². The maximum absolute atomic E-state index is 15.0. The largest absolute Gasteiger partial charge is 0.370 e. The molecule has 218 valence electrons. The van der Waals surface area contributed by atoms with E-state index in [9.17, 15) is 4.79 Å². The summed E-state index contributed by atoms with van der Waals surface area (Å²) in [5, 5.41) is 14.2. The van der Waals surface area contributed by atoms with Gasteiger partial charge in [-0.2, -0.15) is 4.98 Å². The van der Waals surface area contributed by atoms with E-state index in [1.807, 2.05) is 31.2 Å². The first-order chi connectivity index (χ1) is 19.6. The van der Waals surface area contributed by atoms with Crippen LogP contribution in [0.2, 0.25) is 5.02 Å². The van der Waals surface area contributed by atoms with Crippen LogP contribution >= 0.6 is 11.6 Å². The summed E-state index contributed by atoms with van der Waals surface area (Å²) >= 11 is 6.22. The van der Waals surface area contributed by atoms with Crippen LogP contribution in [0, 0.1) is 11.2 Å². The normalized spacial score (nSPS) is 12.9. The van der Waals surface area contributed by atoms with Crippen molar-refractivity contribution < 1.29 is 4.39 Å². The lowest BCUT2D eigenvalue weighted by atomic mass is 10.0. The second-order valence-electron chi connectivity index (χ2n) is 10.3. The summed E-state index contributed by atoms with van der Waals surface area (Å²) < 4.78 is 16.5. The monoisotopic (exact) mass is 581 g/mol. The summed E-state index contributed by atoms with van der Waals surface area (Å²) in [4.78, 5) is 20.1. The zero-order valence-electron chi connectivity index (χ0n) is 23.0. The third-order valence-corrected chi connectivity index (χ3v) is 7.14. The van der Waals surface area contributed by atoms with Crippen LogP contribution in [-0.4, -0.2) is 45.7 Å². The highest BCUT2D eigenvalue weighted by Crippen LogP contribution is 2.31. The van der Waals surface area contributed by atoms with Crippen molar-refractivity contribution in [3.05, 3.63) is 81.1 Å². The predicted molar refractivity (Wildman–Crippen MR) is 163 cm³/mol. The number of H-pyrrole nitrogens is 1. The molecule has 2 aromatic carbocycles. The Hall–Kier alpha value is -3.77. The molecule has 4 aromatic rings. The van der Waals surface area contributed by atoms with Crippen LogP contribution in [0.25, 0.3) is 28.0 Å². The molecule has 0 bridgehead atoms. The lowest BCUT2D eigenvalue weighted by Gasteiger charge is -2.16. The van der Waals surface area contributed by atoms with Crippen LogP contribution in [-0.2, 0) is 13.0 Å². The maximum atomic E-state index is 15.0. The average molecular weight is 582 g/mol. The molecule has 0 spiro atoms. The zero-order valence-corrected chi connectivity index (χ0v) is 23.8. The third-order valence-electron chi connectivity index (χ3n) is 6.87. The molecule has 0 saturated heterocycles. The molecule has 0 fully saturated rings. The second-order valence-corrected chi connectivity index (χ2v) is 10.7. The van der Waals surface area contributed by atoms with E-state index in [1.165, 1.54) is 4.57 Å². The second kappa shape index (κ2) is 13.7. The van der Waals surface area contributed by atoms with Crippen LogP contribution in [0.1, 0.15) is 37.3 Å². The third kappa shape index (κ3) is 7.92. The van der Waals surface area contributed by atoms with E-state index in [0.29, 0.717) is 47.6 Å². The first-order valence-corrected chi connectivity index (χ1v) is 14.0. The fourth-order valence-electron chi connectivity index (χ4n) is 4.69. The van der Waals surface area contributed by atoms with Crippen LogP contribution in [0.4, 0.5) is 4.39 Å². The number of nitrogens with zero attached hydrogens (tertiary/aromatic N) is 2. The molecule has 2 heterocycles. The van der Waals surface area contributed by atoms with Gasteiger partial charge in [-0.3, -0.25) is 9.98 Å². The van der Waals surface area contributed by atoms with Gasteiger partial charge in [0.25, 0.3) is 0 Å². The number of aromatic amines is 1. The fourth-order valence-corrected chi connectivity index (χ4v) is 4.93. The molecular weight excluding hydrogens is 545 g/mol. The van der Waals surface area contributed by atoms with Gasteiger partial charge in [-0.25, -0.2) is 9.18 Å². The standard InChI is InChI=1S/C29H37ClFN9O/c1-17(33)3-2-4-19-11-23(26(31)24(30)12-19)25-13-20-16-40(29(41)39-27(20)38-25)22-7-5-18(6-8-22)15-36-10-9-21(14-32)37-28(34)35/h5-8,11-13,16-17,21,36H,2-4,9-10,14-15,32-33H2,1H3,(H4,34,35,37)(H,38,39,41)/t17-,21-/m0/s1. The molecule has 0 aliphatic heterocycles. The number of nitrogens with two attached hydrogens (primary N) is 3. The van der Waals surface area contributed by atoms with Gasteiger partial charge in [0.1, 0.15) is 5.65 Å². The van der Waals surface area contributed by atoms with Crippen molar-refractivity contribution in [1.29, 1.82) is 5.41 Å². The molecule has 2 atom stereocenters. The number of nitrogens with one attached hydrogen (secondary N) is 4. The van der Waals surface area contributed by atoms with Crippen molar-refractivity contribution in [3.8, 4) is 16.9 Å². The fraction of sp³-hybridized carbons (Fsp3) is 0.345. The zero-order chi connectivity index (χ0) is 29.5. The molecule has 0 aliphatic carbocycles. The Morgan fingerprint density at radius 1 is 1.20 bits per heavy atom. The lowest BCUT2D eigenvalue weighted by Crippen LogP contribution is -2.44. The van der Waals surface area contributed by atoms with Crippen LogP contribution in [0.5, 0.6) is 0 Å². The van der Waals surface area contributed by atoms with Gasteiger partial charge in [-0.05, 0) is 80.6 Å². The van der Waals surface area contributed by atoms with Gasteiger partial charge in [0.05, 0.1) is 16.4 Å². The maximum Gasteiger partial charge on any atom is 0.354 e. The lowest BCUT2D eigenvalue weighted by molar-refractivity contribution is 0.529. The van der Waals surface area contributed by atoms with Gasteiger partial charge >= 0.3 is 5.69 Å². The molecule has 0 aliphatic rings. The summed E-state index contributed by atoms with van der Waals surface area (Å²) in [5.41, 5.74) is 20.3. The number of hydrogen-bond acceptors (Lipinski definition) is 6. The number of benzene rings is 2. The number of aromatic nitrogens is 3. The Kier molecular flexibility index (Phi) is 10.1. The number of hydrogen-bond donors (Lipinski definition) is 7. The highest BCUT2D eigenvalue weighted by molar-refractivity contribution is 6.31. The minimum absolute atomic E-state index is 0.0472. The van der Waals surface area contributed by atoms with Gasteiger partial charge in [0.2, 0.25) is 0 Å². The highest BCUT2D eigenvalue weighted by atomic mass is 35.5.